The molecule has 0 unspecified atom stereocenters. The number of nitrogens with zero attached hydrogens (tertiary/aromatic N) is 2. The zero-order chi connectivity index (χ0) is 28.6. The summed E-state index contributed by atoms with van der Waals surface area (Å²) in [5, 5.41) is 2.93. The van der Waals surface area contributed by atoms with Crippen molar-refractivity contribution in [2.24, 2.45) is 0 Å². The van der Waals surface area contributed by atoms with Crippen molar-refractivity contribution < 1.29 is 22.7 Å². The maximum atomic E-state index is 13.9. The predicted octanol–water partition coefficient (Wildman–Crippen LogP) is 4.53. The average Bonchev–Trinajstić information content (AvgIpc) is 2.95. The van der Waals surface area contributed by atoms with E-state index in [2.05, 4.69) is 5.32 Å². The molecule has 9 heteroatoms. The fourth-order valence-electron chi connectivity index (χ4n) is 3.94. The van der Waals surface area contributed by atoms with Gasteiger partial charge in [-0.25, -0.2) is 8.42 Å². The topological polar surface area (TPSA) is 96.0 Å². The lowest BCUT2D eigenvalue weighted by atomic mass is 10.1. The van der Waals surface area contributed by atoms with Crippen molar-refractivity contribution in [3.05, 3.63) is 90.0 Å². The number of hydrogen-bond donors (Lipinski definition) is 1. The molecule has 0 aliphatic carbocycles. The summed E-state index contributed by atoms with van der Waals surface area (Å²) in [7, 11) is -2.51. The first-order valence-electron chi connectivity index (χ1n) is 12.9. The molecule has 3 aromatic carbocycles. The first-order chi connectivity index (χ1) is 18.6. The minimum atomic E-state index is -4.08. The van der Waals surface area contributed by atoms with Crippen LogP contribution in [0.15, 0.2) is 83.8 Å². The van der Waals surface area contributed by atoms with Crippen LogP contribution in [-0.4, -0.2) is 50.9 Å². The summed E-state index contributed by atoms with van der Waals surface area (Å²) in [5.74, 6) is -0.143. The third-order valence-electron chi connectivity index (χ3n) is 6.61. The number of carbonyl (C=O) groups is 2. The fourth-order valence-corrected chi connectivity index (χ4v) is 5.37. The number of aryl methyl sites for hydroxylation is 1. The molecule has 208 valence electrons. The van der Waals surface area contributed by atoms with Crippen LogP contribution in [0.1, 0.15) is 38.3 Å². The lowest BCUT2D eigenvalue weighted by molar-refractivity contribution is -0.139. The van der Waals surface area contributed by atoms with Gasteiger partial charge in [-0.05, 0) is 69.2 Å². The Morgan fingerprint density at radius 3 is 2.10 bits per heavy atom. The number of anilines is 1. The molecule has 3 rings (SSSR count). The van der Waals surface area contributed by atoms with Gasteiger partial charge in [0.05, 0.1) is 17.7 Å². The van der Waals surface area contributed by atoms with Crippen LogP contribution in [0.5, 0.6) is 5.75 Å². The third kappa shape index (κ3) is 7.60. The highest BCUT2D eigenvalue weighted by molar-refractivity contribution is 7.92. The highest BCUT2D eigenvalue weighted by Crippen LogP contribution is 2.25. The van der Waals surface area contributed by atoms with E-state index in [4.69, 9.17) is 4.74 Å². The zero-order valence-electron chi connectivity index (χ0n) is 23.1. The normalized spacial score (nSPS) is 12.7. The Morgan fingerprint density at radius 1 is 0.923 bits per heavy atom. The molecule has 8 nitrogen and oxygen atoms in total. The third-order valence-corrected chi connectivity index (χ3v) is 8.40. The maximum absolute atomic E-state index is 13.9. The van der Waals surface area contributed by atoms with Gasteiger partial charge in [-0.2, -0.15) is 0 Å². The van der Waals surface area contributed by atoms with E-state index in [1.807, 2.05) is 32.9 Å². The second-order valence-corrected chi connectivity index (χ2v) is 11.4. The number of ether oxygens (including phenoxy) is 1. The van der Waals surface area contributed by atoms with E-state index in [1.165, 1.54) is 17.0 Å². The number of methoxy groups -OCH3 is 1. The largest absolute Gasteiger partial charge is 0.497 e. The zero-order valence-corrected chi connectivity index (χ0v) is 23.9. The summed E-state index contributed by atoms with van der Waals surface area (Å²) in [4.78, 5) is 28.5. The van der Waals surface area contributed by atoms with Gasteiger partial charge in [0, 0.05) is 12.6 Å². The molecule has 2 amide bonds. The van der Waals surface area contributed by atoms with Crippen molar-refractivity contribution in [3.63, 3.8) is 0 Å². The van der Waals surface area contributed by atoms with E-state index in [-0.39, 0.29) is 23.4 Å². The van der Waals surface area contributed by atoms with Crippen LogP contribution in [0, 0.1) is 6.92 Å². The van der Waals surface area contributed by atoms with E-state index in [1.54, 1.807) is 68.6 Å². The summed E-state index contributed by atoms with van der Waals surface area (Å²) in [6, 6.07) is 21.2. The van der Waals surface area contributed by atoms with Crippen molar-refractivity contribution in [2.75, 3.05) is 18.0 Å². The van der Waals surface area contributed by atoms with Crippen molar-refractivity contribution in [1.82, 2.24) is 10.2 Å². The number of sulfonamides is 1. The van der Waals surface area contributed by atoms with Crippen molar-refractivity contribution in [2.45, 2.75) is 57.6 Å². The molecule has 0 aliphatic heterocycles. The molecule has 0 heterocycles. The molecule has 0 saturated heterocycles. The van der Waals surface area contributed by atoms with E-state index in [0.29, 0.717) is 11.4 Å². The van der Waals surface area contributed by atoms with Crippen LogP contribution in [0.25, 0.3) is 0 Å². The molecule has 0 aliphatic rings. The van der Waals surface area contributed by atoms with Gasteiger partial charge in [-0.3, -0.25) is 13.9 Å². The molecule has 0 aromatic heterocycles. The molecule has 0 radical (unpaired) electrons. The quantitative estimate of drug-likeness (QED) is 0.357. The van der Waals surface area contributed by atoms with Crippen LogP contribution in [-0.2, 0) is 26.2 Å². The van der Waals surface area contributed by atoms with E-state index < -0.39 is 28.5 Å². The van der Waals surface area contributed by atoms with Gasteiger partial charge in [-0.1, -0.05) is 55.0 Å². The molecule has 0 fully saturated rings. The summed E-state index contributed by atoms with van der Waals surface area (Å²) < 4.78 is 33.8. The van der Waals surface area contributed by atoms with Crippen molar-refractivity contribution in [1.29, 1.82) is 0 Å². The van der Waals surface area contributed by atoms with Crippen LogP contribution in [0.3, 0.4) is 0 Å². The molecule has 2 atom stereocenters. The van der Waals surface area contributed by atoms with Gasteiger partial charge < -0.3 is 15.0 Å². The molecule has 0 bridgehead atoms. The molecular formula is C30H37N3O5S. The number of rotatable bonds is 12. The number of nitrogens with one attached hydrogen (secondary N) is 1. The molecule has 3 aromatic rings. The van der Waals surface area contributed by atoms with E-state index >= 15 is 0 Å². The lowest BCUT2D eigenvalue weighted by Crippen LogP contribution is -2.52. The monoisotopic (exact) mass is 551 g/mol. The first-order valence-corrected chi connectivity index (χ1v) is 14.4. The van der Waals surface area contributed by atoms with E-state index in [0.717, 1.165) is 21.9 Å². The Hall–Kier alpha value is -3.85. The van der Waals surface area contributed by atoms with Gasteiger partial charge in [0.25, 0.3) is 10.0 Å². The molecule has 0 saturated carbocycles. The summed E-state index contributed by atoms with van der Waals surface area (Å²) in [6.07, 6.45) is 0.738. The van der Waals surface area contributed by atoms with Gasteiger partial charge in [0.15, 0.2) is 0 Å². The fraction of sp³-hybridized carbons (Fsp3) is 0.333. The number of amides is 2. The van der Waals surface area contributed by atoms with Gasteiger partial charge in [-0.15, -0.1) is 0 Å². The standard InChI is InChI=1S/C30H37N3O5S/c1-6-23(3)31-30(35)24(4)32(20-25-14-18-27(38-5)19-15-25)29(34)21-33(26-16-12-22(2)13-17-26)39(36,37)28-10-8-7-9-11-28/h7-19,23-24H,6,20-21H2,1-5H3,(H,31,35)/t23-,24-/m1/s1. The molecular weight excluding hydrogens is 514 g/mol. The Labute approximate surface area is 231 Å². The van der Waals surface area contributed by atoms with Gasteiger partial charge in [0.1, 0.15) is 18.3 Å². The molecule has 39 heavy (non-hydrogen) atoms. The average molecular weight is 552 g/mol. The van der Waals surface area contributed by atoms with Crippen LogP contribution in [0.2, 0.25) is 0 Å². The number of carbonyl (C=O) groups excluding carboxylic acids is 2. The number of hydrogen-bond acceptors (Lipinski definition) is 5. The summed E-state index contributed by atoms with van der Waals surface area (Å²) in [5.41, 5.74) is 2.10. The Balaban J connectivity index is 2.00. The Bertz CT molecular complexity index is 1340. The number of benzene rings is 3. The second-order valence-electron chi connectivity index (χ2n) is 9.52. The van der Waals surface area contributed by atoms with Gasteiger partial charge in [0.2, 0.25) is 11.8 Å². The Morgan fingerprint density at radius 2 is 1.54 bits per heavy atom. The Kier molecular flexibility index (Phi) is 10.1. The lowest BCUT2D eigenvalue weighted by Gasteiger charge is -2.32. The predicted molar refractivity (Wildman–Crippen MR) is 153 cm³/mol. The maximum Gasteiger partial charge on any atom is 0.264 e. The SMILES string of the molecule is CC[C@@H](C)NC(=O)[C@@H](C)N(Cc1ccc(OC)cc1)C(=O)CN(c1ccc(C)cc1)S(=O)(=O)c1ccccc1. The summed E-state index contributed by atoms with van der Waals surface area (Å²) >= 11 is 0. The van der Waals surface area contributed by atoms with Gasteiger partial charge >= 0.3 is 0 Å². The van der Waals surface area contributed by atoms with Crippen molar-refractivity contribution >= 4 is 27.5 Å². The highest BCUT2D eigenvalue weighted by Gasteiger charge is 2.32. The van der Waals surface area contributed by atoms with Crippen LogP contribution in [0.4, 0.5) is 5.69 Å². The highest BCUT2D eigenvalue weighted by atomic mass is 32.2. The molecule has 1 N–H and O–H groups in total. The first kappa shape index (κ1) is 29.7. The second kappa shape index (κ2) is 13.3. The van der Waals surface area contributed by atoms with Crippen molar-refractivity contribution in [3.8, 4) is 5.75 Å². The minimum absolute atomic E-state index is 0.0691. The molecule has 0 spiro atoms. The summed E-state index contributed by atoms with van der Waals surface area (Å²) in [6.45, 7) is 7.05. The van der Waals surface area contributed by atoms with Crippen LogP contribution >= 0.6 is 0 Å². The van der Waals surface area contributed by atoms with E-state index in [9.17, 15) is 18.0 Å². The minimum Gasteiger partial charge on any atom is -0.497 e. The van der Waals surface area contributed by atoms with Crippen LogP contribution < -0.4 is 14.4 Å². The smallest absolute Gasteiger partial charge is 0.264 e.